The van der Waals surface area contributed by atoms with Crippen LogP contribution in [0.2, 0.25) is 0 Å². The van der Waals surface area contributed by atoms with Crippen molar-refractivity contribution in [2.75, 3.05) is 19.7 Å². The van der Waals surface area contributed by atoms with Gasteiger partial charge in [0.2, 0.25) is 0 Å². The normalized spacial score (nSPS) is 10.9. The first kappa shape index (κ1) is 14.7. The molecule has 0 saturated heterocycles. The lowest BCUT2D eigenvalue weighted by atomic mass is 10.1. The highest BCUT2D eigenvalue weighted by molar-refractivity contribution is 5.67. The summed E-state index contributed by atoms with van der Waals surface area (Å²) in [6, 6.07) is 7.95. The van der Waals surface area contributed by atoms with Crippen LogP contribution < -0.4 is 0 Å². The van der Waals surface area contributed by atoms with Crippen molar-refractivity contribution in [3.05, 3.63) is 46.0 Å². The zero-order valence-electron chi connectivity index (χ0n) is 10.6. The third-order valence-electron chi connectivity index (χ3n) is 2.67. The average molecular weight is 261 g/mol. The molecule has 0 unspecified atom stereocenters. The number of likely N-dealkylation sites (N-methyl/N-ethyl adjacent to an activating group) is 1. The van der Waals surface area contributed by atoms with Crippen molar-refractivity contribution in [2.24, 2.45) is 0 Å². The summed E-state index contributed by atoms with van der Waals surface area (Å²) in [5.74, 6) is 0. The van der Waals surface area contributed by atoms with Gasteiger partial charge in [0.25, 0.3) is 5.69 Å². The zero-order valence-corrected chi connectivity index (χ0v) is 10.6. The van der Waals surface area contributed by atoms with E-state index in [0.29, 0.717) is 24.4 Å². The van der Waals surface area contributed by atoms with Gasteiger partial charge in [-0.25, -0.2) is 0 Å². The Bertz CT molecular complexity index is 503. The van der Waals surface area contributed by atoms with Crippen LogP contribution in [0, 0.1) is 21.4 Å². The minimum Gasteiger partial charge on any atom is -0.395 e. The molecule has 1 aromatic carbocycles. The van der Waals surface area contributed by atoms with Crippen LogP contribution in [0.5, 0.6) is 0 Å². The van der Waals surface area contributed by atoms with E-state index in [2.05, 4.69) is 0 Å². The number of hydrogen-bond acceptors (Lipinski definition) is 5. The van der Waals surface area contributed by atoms with Crippen LogP contribution in [0.3, 0.4) is 0 Å². The number of aliphatic hydroxyl groups excluding tert-OH is 1. The Morgan fingerprint density at radius 2 is 2.16 bits per heavy atom. The first-order valence-electron chi connectivity index (χ1n) is 5.84. The SMILES string of the molecule is CCN(CCO)/C(=C/C#N)c1ccc([N+](=O)[O-])cc1. The molecule has 19 heavy (non-hydrogen) atoms. The van der Waals surface area contributed by atoms with Gasteiger partial charge >= 0.3 is 0 Å². The Kier molecular flexibility index (Phi) is 5.51. The second kappa shape index (κ2) is 7.13. The Labute approximate surface area is 111 Å². The number of allylic oxidation sites excluding steroid dienone is 1. The number of non-ortho nitro benzene ring substituents is 1. The van der Waals surface area contributed by atoms with Crippen LogP contribution in [-0.4, -0.2) is 34.6 Å². The molecule has 0 aliphatic rings. The summed E-state index contributed by atoms with van der Waals surface area (Å²) in [6.45, 7) is 2.92. The Hall–Kier alpha value is -2.39. The summed E-state index contributed by atoms with van der Waals surface area (Å²) in [5.41, 5.74) is 1.36. The number of hydrogen-bond donors (Lipinski definition) is 1. The number of nitrogens with zero attached hydrogens (tertiary/aromatic N) is 3. The van der Waals surface area contributed by atoms with Crippen molar-refractivity contribution in [2.45, 2.75) is 6.92 Å². The van der Waals surface area contributed by atoms with Gasteiger partial charge in [-0.1, -0.05) is 0 Å². The number of rotatable bonds is 6. The second-order valence-corrected chi connectivity index (χ2v) is 3.77. The van der Waals surface area contributed by atoms with Gasteiger partial charge in [0.05, 0.1) is 23.3 Å². The third kappa shape index (κ3) is 3.79. The van der Waals surface area contributed by atoms with E-state index in [-0.39, 0.29) is 12.3 Å². The van der Waals surface area contributed by atoms with Crippen LogP contribution in [0.25, 0.3) is 5.70 Å². The molecule has 100 valence electrons. The molecule has 6 heteroatoms. The molecule has 1 N–H and O–H groups in total. The molecule has 0 bridgehead atoms. The molecule has 0 fully saturated rings. The van der Waals surface area contributed by atoms with E-state index in [4.69, 9.17) is 10.4 Å². The van der Waals surface area contributed by atoms with Gasteiger partial charge < -0.3 is 10.0 Å². The van der Waals surface area contributed by atoms with Gasteiger partial charge in [-0.3, -0.25) is 10.1 Å². The molecule has 0 aromatic heterocycles. The maximum atomic E-state index is 10.6. The van der Waals surface area contributed by atoms with E-state index in [1.54, 1.807) is 12.1 Å². The molecule has 0 amide bonds. The summed E-state index contributed by atoms with van der Waals surface area (Å²) in [6.07, 6.45) is 1.38. The zero-order chi connectivity index (χ0) is 14.3. The number of aliphatic hydroxyl groups is 1. The molecular formula is C13H15N3O3. The van der Waals surface area contributed by atoms with Crippen LogP contribution >= 0.6 is 0 Å². The maximum Gasteiger partial charge on any atom is 0.269 e. The molecule has 0 atom stereocenters. The summed E-state index contributed by atoms with van der Waals surface area (Å²) < 4.78 is 0. The Balaban J connectivity index is 3.09. The van der Waals surface area contributed by atoms with Gasteiger partial charge in [0.1, 0.15) is 0 Å². The van der Waals surface area contributed by atoms with Crippen molar-refractivity contribution >= 4 is 11.4 Å². The molecule has 0 spiro atoms. The lowest BCUT2D eigenvalue weighted by Gasteiger charge is -2.24. The smallest absolute Gasteiger partial charge is 0.269 e. The molecule has 0 saturated carbocycles. The van der Waals surface area contributed by atoms with E-state index in [1.165, 1.54) is 18.2 Å². The molecule has 0 radical (unpaired) electrons. The monoisotopic (exact) mass is 261 g/mol. The topological polar surface area (TPSA) is 90.4 Å². The average Bonchev–Trinajstić information content (AvgIpc) is 2.43. The van der Waals surface area contributed by atoms with Crippen molar-refractivity contribution in [1.29, 1.82) is 5.26 Å². The molecule has 0 heterocycles. The lowest BCUT2D eigenvalue weighted by molar-refractivity contribution is -0.384. The fourth-order valence-corrected chi connectivity index (χ4v) is 1.74. The van der Waals surface area contributed by atoms with Crippen LogP contribution in [0.15, 0.2) is 30.3 Å². The molecule has 0 aliphatic carbocycles. The maximum absolute atomic E-state index is 10.6. The van der Waals surface area contributed by atoms with E-state index in [9.17, 15) is 10.1 Å². The van der Waals surface area contributed by atoms with Crippen LogP contribution in [0.4, 0.5) is 5.69 Å². The van der Waals surface area contributed by atoms with Gasteiger partial charge in [-0.15, -0.1) is 0 Å². The fourth-order valence-electron chi connectivity index (χ4n) is 1.74. The minimum absolute atomic E-state index is 0.00487. The number of nitro benzene ring substituents is 1. The highest BCUT2D eigenvalue weighted by atomic mass is 16.6. The van der Waals surface area contributed by atoms with Crippen molar-refractivity contribution in [3.8, 4) is 6.07 Å². The van der Waals surface area contributed by atoms with Crippen molar-refractivity contribution in [3.63, 3.8) is 0 Å². The Morgan fingerprint density at radius 1 is 1.53 bits per heavy atom. The van der Waals surface area contributed by atoms with Gasteiger partial charge in [0.15, 0.2) is 0 Å². The summed E-state index contributed by atoms with van der Waals surface area (Å²) in [5, 5.41) is 28.4. The number of benzene rings is 1. The van der Waals surface area contributed by atoms with Gasteiger partial charge in [0, 0.05) is 31.3 Å². The summed E-state index contributed by atoms with van der Waals surface area (Å²) in [4.78, 5) is 12.0. The molecule has 1 rings (SSSR count). The van der Waals surface area contributed by atoms with Crippen molar-refractivity contribution in [1.82, 2.24) is 4.90 Å². The fraction of sp³-hybridized carbons (Fsp3) is 0.308. The number of nitriles is 1. The highest BCUT2D eigenvalue weighted by Crippen LogP contribution is 2.21. The molecule has 6 nitrogen and oxygen atoms in total. The van der Waals surface area contributed by atoms with Crippen molar-refractivity contribution < 1.29 is 10.0 Å². The molecule has 0 aliphatic heterocycles. The summed E-state index contributed by atoms with van der Waals surface area (Å²) >= 11 is 0. The molecular weight excluding hydrogens is 246 g/mol. The standard InChI is InChI=1S/C13H15N3O3/c1-2-15(9-10-17)13(7-8-14)11-3-5-12(6-4-11)16(18)19/h3-7,17H,2,9-10H2,1H3/b13-7+. The van der Waals surface area contributed by atoms with Crippen LogP contribution in [0.1, 0.15) is 12.5 Å². The van der Waals surface area contributed by atoms with E-state index in [0.717, 1.165) is 0 Å². The lowest BCUT2D eigenvalue weighted by Crippen LogP contribution is -2.25. The largest absolute Gasteiger partial charge is 0.395 e. The van der Waals surface area contributed by atoms with Gasteiger partial charge in [-0.2, -0.15) is 5.26 Å². The minimum atomic E-state index is -0.469. The number of nitro groups is 1. The Morgan fingerprint density at radius 3 is 2.58 bits per heavy atom. The second-order valence-electron chi connectivity index (χ2n) is 3.77. The predicted octanol–water partition coefficient (Wildman–Crippen LogP) is 1.77. The van der Waals surface area contributed by atoms with E-state index < -0.39 is 4.92 Å². The highest BCUT2D eigenvalue weighted by Gasteiger charge is 2.11. The van der Waals surface area contributed by atoms with Crippen LogP contribution in [-0.2, 0) is 0 Å². The van der Waals surface area contributed by atoms with E-state index in [1.807, 2.05) is 17.9 Å². The molecule has 1 aromatic rings. The quantitative estimate of drug-likeness (QED) is 0.479. The van der Waals surface area contributed by atoms with Gasteiger partial charge in [-0.05, 0) is 24.6 Å². The first-order chi connectivity index (χ1) is 9.13. The summed E-state index contributed by atoms with van der Waals surface area (Å²) in [7, 11) is 0. The third-order valence-corrected chi connectivity index (χ3v) is 2.67. The first-order valence-corrected chi connectivity index (χ1v) is 5.84. The predicted molar refractivity (Wildman–Crippen MR) is 71.0 cm³/mol. The van der Waals surface area contributed by atoms with E-state index >= 15 is 0 Å².